The fourth-order valence-corrected chi connectivity index (χ4v) is 4.90. The van der Waals surface area contributed by atoms with Crippen LogP contribution in [0.25, 0.3) is 22.6 Å². The molecular formula is C32H41BN6. The van der Waals surface area contributed by atoms with E-state index in [2.05, 4.69) is 113 Å². The third kappa shape index (κ3) is 7.37. The first-order valence-corrected chi connectivity index (χ1v) is 14.1. The molecule has 1 aliphatic heterocycles. The number of imidazole rings is 1. The van der Waals surface area contributed by atoms with Crippen LogP contribution in [-0.4, -0.2) is 67.0 Å². The summed E-state index contributed by atoms with van der Waals surface area (Å²) in [6, 6.07) is 19.5. The number of aromatic amines is 1. The second-order valence-electron chi connectivity index (χ2n) is 10.1. The van der Waals surface area contributed by atoms with E-state index in [0.29, 0.717) is 17.2 Å². The zero-order chi connectivity index (χ0) is 27.6. The van der Waals surface area contributed by atoms with Crippen LogP contribution in [-0.2, 0) is 0 Å². The molecule has 7 heteroatoms. The molecule has 1 atom stereocenters. The molecule has 5 rings (SSSR count). The normalized spacial score (nSPS) is 14.9. The lowest BCUT2D eigenvalue weighted by atomic mass is 9.94. The number of rotatable bonds is 8. The maximum atomic E-state index is 6.41. The van der Waals surface area contributed by atoms with Crippen LogP contribution in [0.4, 0.5) is 5.69 Å². The molecule has 4 aromatic rings. The van der Waals surface area contributed by atoms with Crippen LogP contribution < -0.4 is 15.7 Å². The molecule has 1 fully saturated rings. The van der Waals surface area contributed by atoms with E-state index in [1.54, 1.807) is 6.20 Å². The van der Waals surface area contributed by atoms with E-state index in [9.17, 15) is 0 Å². The van der Waals surface area contributed by atoms with Crippen molar-refractivity contribution in [2.24, 2.45) is 0 Å². The van der Waals surface area contributed by atoms with Crippen LogP contribution in [0.1, 0.15) is 44.4 Å². The Bertz CT molecular complexity index is 1320. The SMILES string of the molecule is C/C=C/CNCCC.[B]c1cnc2nc(-c3ccc(C)cc3)[nH]c2c1N1CCN(C(C)c2ccccc2)CC1. The van der Waals surface area contributed by atoms with Crippen molar-refractivity contribution in [1.82, 2.24) is 25.2 Å². The molecule has 3 heterocycles. The Hall–Kier alpha value is -3.42. The maximum Gasteiger partial charge on any atom is 0.180 e. The summed E-state index contributed by atoms with van der Waals surface area (Å²) in [6.45, 7) is 14.5. The first-order chi connectivity index (χ1) is 19.0. The molecule has 0 amide bonds. The number of aromatic nitrogens is 3. The molecule has 0 saturated carbocycles. The number of aryl methyl sites for hydroxylation is 1. The summed E-state index contributed by atoms with van der Waals surface area (Å²) in [5.41, 5.74) is 6.97. The summed E-state index contributed by atoms with van der Waals surface area (Å²) in [5.74, 6) is 0.825. The summed E-state index contributed by atoms with van der Waals surface area (Å²) >= 11 is 0. The minimum Gasteiger partial charge on any atom is -0.368 e. The van der Waals surface area contributed by atoms with Crippen molar-refractivity contribution in [3.63, 3.8) is 0 Å². The van der Waals surface area contributed by atoms with E-state index in [0.717, 1.165) is 61.9 Å². The molecule has 202 valence electrons. The van der Waals surface area contributed by atoms with Gasteiger partial charge in [0, 0.05) is 50.5 Å². The molecule has 2 radical (unpaired) electrons. The molecule has 1 aliphatic rings. The van der Waals surface area contributed by atoms with E-state index >= 15 is 0 Å². The molecule has 2 aromatic carbocycles. The van der Waals surface area contributed by atoms with Crippen LogP contribution in [0.15, 0.2) is 72.9 Å². The fourth-order valence-electron chi connectivity index (χ4n) is 4.90. The van der Waals surface area contributed by atoms with E-state index in [4.69, 9.17) is 12.8 Å². The lowest BCUT2D eigenvalue weighted by Gasteiger charge is -2.40. The third-order valence-electron chi connectivity index (χ3n) is 7.23. The minimum absolute atomic E-state index is 0.401. The van der Waals surface area contributed by atoms with E-state index < -0.39 is 0 Å². The standard InChI is InChI=1S/C25H26BN5.C7H15N/c1-17-8-10-20(11-9-17)24-28-22-23(21(26)16-27-25(22)29-24)31-14-12-30(13-15-31)18(2)19-6-4-3-5-7-19;1-3-5-7-8-6-4-2/h3-11,16,18H,12-15H2,1-2H3,(H,27,28,29);3,5,8H,4,6-7H2,1-2H3/b;5-3+. The van der Waals surface area contributed by atoms with Crippen molar-refractivity contribution < 1.29 is 0 Å². The van der Waals surface area contributed by atoms with Gasteiger partial charge >= 0.3 is 0 Å². The number of allylic oxidation sites excluding steroid dienone is 1. The van der Waals surface area contributed by atoms with Gasteiger partial charge in [-0.25, -0.2) is 9.97 Å². The Morgan fingerprint density at radius 2 is 1.77 bits per heavy atom. The highest BCUT2D eigenvalue weighted by Gasteiger charge is 2.25. The van der Waals surface area contributed by atoms with Crippen LogP contribution in [0.2, 0.25) is 0 Å². The third-order valence-corrected chi connectivity index (χ3v) is 7.23. The van der Waals surface area contributed by atoms with E-state index in [1.165, 1.54) is 17.5 Å². The van der Waals surface area contributed by atoms with Crippen molar-refractivity contribution in [3.05, 3.63) is 84.1 Å². The molecular weight excluding hydrogens is 479 g/mol. The predicted octanol–water partition coefficient (Wildman–Crippen LogP) is 5.17. The van der Waals surface area contributed by atoms with E-state index in [1.807, 2.05) is 6.92 Å². The van der Waals surface area contributed by atoms with Gasteiger partial charge < -0.3 is 15.2 Å². The highest BCUT2D eigenvalue weighted by molar-refractivity contribution is 6.37. The average molecular weight is 521 g/mol. The summed E-state index contributed by atoms with van der Waals surface area (Å²) in [4.78, 5) is 17.6. The van der Waals surface area contributed by atoms with Gasteiger partial charge in [-0.05, 0) is 39.3 Å². The summed E-state index contributed by atoms with van der Waals surface area (Å²) in [7, 11) is 6.41. The number of fused-ring (bicyclic) bond motifs is 1. The van der Waals surface area contributed by atoms with Gasteiger partial charge in [-0.2, -0.15) is 0 Å². The molecule has 0 bridgehead atoms. The second-order valence-corrected chi connectivity index (χ2v) is 10.1. The Labute approximate surface area is 235 Å². The quantitative estimate of drug-likeness (QED) is 0.191. The van der Waals surface area contributed by atoms with Gasteiger partial charge in [0.05, 0.1) is 5.69 Å². The van der Waals surface area contributed by atoms with Crippen LogP contribution in [0, 0.1) is 6.92 Å². The number of hydrogen-bond donors (Lipinski definition) is 2. The van der Waals surface area contributed by atoms with Crippen LogP contribution in [0.5, 0.6) is 0 Å². The minimum atomic E-state index is 0.401. The lowest BCUT2D eigenvalue weighted by molar-refractivity contribution is 0.199. The molecule has 0 spiro atoms. The largest absolute Gasteiger partial charge is 0.368 e. The number of H-pyrrole nitrogens is 1. The molecule has 0 aliphatic carbocycles. The highest BCUT2D eigenvalue weighted by atomic mass is 15.3. The topological polar surface area (TPSA) is 60.1 Å². The number of nitrogens with one attached hydrogen (secondary N) is 2. The van der Waals surface area contributed by atoms with Crippen molar-refractivity contribution in [2.45, 2.75) is 40.2 Å². The smallest absolute Gasteiger partial charge is 0.180 e. The molecule has 1 unspecified atom stereocenters. The van der Waals surface area contributed by atoms with Crippen LogP contribution >= 0.6 is 0 Å². The van der Waals surface area contributed by atoms with Gasteiger partial charge in [0.2, 0.25) is 0 Å². The van der Waals surface area contributed by atoms with Crippen LogP contribution in [0.3, 0.4) is 0 Å². The number of hydrogen-bond acceptors (Lipinski definition) is 5. The van der Waals surface area contributed by atoms with Gasteiger partial charge in [-0.15, -0.1) is 0 Å². The molecule has 39 heavy (non-hydrogen) atoms. The van der Waals surface area contributed by atoms with Gasteiger partial charge in [0.15, 0.2) is 5.65 Å². The zero-order valence-corrected chi connectivity index (χ0v) is 23.8. The highest BCUT2D eigenvalue weighted by Crippen LogP contribution is 2.28. The van der Waals surface area contributed by atoms with Gasteiger partial charge in [0.1, 0.15) is 19.2 Å². The molecule has 6 nitrogen and oxygen atoms in total. The van der Waals surface area contributed by atoms with Crippen molar-refractivity contribution >= 4 is 30.2 Å². The van der Waals surface area contributed by atoms with Crippen molar-refractivity contribution in [1.29, 1.82) is 0 Å². The summed E-state index contributed by atoms with van der Waals surface area (Å²) < 4.78 is 0. The Morgan fingerprint density at radius 1 is 1.05 bits per heavy atom. The zero-order valence-electron chi connectivity index (χ0n) is 23.8. The fraction of sp³-hybridized carbons (Fsp3) is 0.375. The monoisotopic (exact) mass is 520 g/mol. The number of benzene rings is 2. The lowest BCUT2D eigenvalue weighted by Crippen LogP contribution is -2.48. The van der Waals surface area contributed by atoms with Gasteiger partial charge in [-0.3, -0.25) is 4.90 Å². The van der Waals surface area contributed by atoms with Crippen molar-refractivity contribution in [2.75, 3.05) is 44.2 Å². The number of piperazine rings is 1. The number of anilines is 1. The maximum absolute atomic E-state index is 6.41. The predicted molar refractivity (Wildman–Crippen MR) is 166 cm³/mol. The van der Waals surface area contributed by atoms with Gasteiger partial charge in [-0.1, -0.05) is 84.7 Å². The number of nitrogens with zero attached hydrogens (tertiary/aromatic N) is 4. The Kier molecular flexibility index (Phi) is 10.3. The second kappa shape index (κ2) is 14.1. The summed E-state index contributed by atoms with van der Waals surface area (Å²) in [6.07, 6.45) is 7.13. The molecule has 2 aromatic heterocycles. The number of pyridine rings is 1. The first kappa shape index (κ1) is 28.6. The average Bonchev–Trinajstić information content (AvgIpc) is 3.41. The Balaban J connectivity index is 0.000000386. The van der Waals surface area contributed by atoms with Gasteiger partial charge in [0.25, 0.3) is 0 Å². The first-order valence-electron chi connectivity index (χ1n) is 14.1. The van der Waals surface area contributed by atoms with E-state index in [-0.39, 0.29) is 0 Å². The van der Waals surface area contributed by atoms with Crippen molar-refractivity contribution in [3.8, 4) is 11.4 Å². The molecule has 2 N–H and O–H groups in total. The molecule has 1 saturated heterocycles. The Morgan fingerprint density at radius 3 is 2.44 bits per heavy atom. The summed E-state index contributed by atoms with van der Waals surface area (Å²) in [5, 5.41) is 3.25.